The van der Waals surface area contributed by atoms with Crippen LogP contribution >= 0.6 is 11.3 Å². The van der Waals surface area contributed by atoms with Gasteiger partial charge in [0, 0.05) is 28.2 Å². The van der Waals surface area contributed by atoms with Crippen molar-refractivity contribution >= 4 is 28.8 Å². The summed E-state index contributed by atoms with van der Waals surface area (Å²) >= 11 is 1.74. The molecular weight excluding hydrogens is 394 g/mol. The lowest BCUT2D eigenvalue weighted by molar-refractivity contribution is 0.0938. The molecule has 2 aromatic carbocycles. The van der Waals surface area contributed by atoms with Gasteiger partial charge in [-0.05, 0) is 73.8 Å². The van der Waals surface area contributed by atoms with Gasteiger partial charge < -0.3 is 10.6 Å². The number of nitrogens with zero attached hydrogens (tertiary/aromatic N) is 1. The van der Waals surface area contributed by atoms with Crippen LogP contribution in [0.3, 0.4) is 0 Å². The molecule has 2 N–H and O–H groups in total. The predicted octanol–water partition coefficient (Wildman–Crippen LogP) is 4.57. The molecule has 1 aliphatic rings. The summed E-state index contributed by atoms with van der Waals surface area (Å²) in [6.07, 6.45) is 2.43. The largest absolute Gasteiger partial charge is 0.350 e. The number of hydrogen-bond donors (Lipinski definition) is 2. The molecule has 0 radical (unpaired) electrons. The standard InChI is InChI=1S/C24H25N3O2S/c28-23(25-17-21(22-9-6-16-30-22)27-14-4-5-15-27)19-10-12-20(13-11-19)26-24(29)18-7-2-1-3-8-18/h1-3,6-13,16,21H,4-5,14-15,17H2,(H,25,28)(H,26,29)/t21-/m0/s1. The highest BCUT2D eigenvalue weighted by atomic mass is 32.1. The SMILES string of the molecule is O=C(NC[C@@H](c1cccs1)N1CCCC1)c1ccc(NC(=O)c2ccccc2)cc1. The van der Waals surface area contributed by atoms with Crippen molar-refractivity contribution in [1.82, 2.24) is 10.2 Å². The van der Waals surface area contributed by atoms with Crippen molar-refractivity contribution < 1.29 is 9.59 Å². The average molecular weight is 420 g/mol. The van der Waals surface area contributed by atoms with Gasteiger partial charge in [0.15, 0.2) is 0 Å². The Labute approximate surface area is 180 Å². The van der Waals surface area contributed by atoms with Gasteiger partial charge in [-0.1, -0.05) is 24.3 Å². The highest BCUT2D eigenvalue weighted by Gasteiger charge is 2.24. The first-order chi connectivity index (χ1) is 14.7. The van der Waals surface area contributed by atoms with E-state index in [0.29, 0.717) is 23.4 Å². The second-order valence-electron chi connectivity index (χ2n) is 7.38. The molecule has 30 heavy (non-hydrogen) atoms. The zero-order chi connectivity index (χ0) is 20.8. The fourth-order valence-corrected chi connectivity index (χ4v) is 4.59. The molecule has 0 saturated carbocycles. The molecule has 0 bridgehead atoms. The second-order valence-corrected chi connectivity index (χ2v) is 8.36. The summed E-state index contributed by atoms with van der Waals surface area (Å²) in [6, 6.07) is 20.5. The van der Waals surface area contributed by atoms with Crippen LogP contribution in [0.4, 0.5) is 5.69 Å². The number of carbonyl (C=O) groups is 2. The van der Waals surface area contributed by atoms with E-state index < -0.39 is 0 Å². The first-order valence-corrected chi connectivity index (χ1v) is 11.1. The molecule has 5 nitrogen and oxygen atoms in total. The lowest BCUT2D eigenvalue weighted by atomic mass is 10.1. The molecule has 0 unspecified atom stereocenters. The minimum absolute atomic E-state index is 0.100. The predicted molar refractivity (Wildman–Crippen MR) is 121 cm³/mol. The lowest BCUT2D eigenvalue weighted by Gasteiger charge is -2.27. The molecule has 4 rings (SSSR count). The van der Waals surface area contributed by atoms with E-state index >= 15 is 0 Å². The number of nitrogens with one attached hydrogen (secondary N) is 2. The number of anilines is 1. The summed E-state index contributed by atoms with van der Waals surface area (Å²) in [6.45, 7) is 2.74. The first-order valence-electron chi connectivity index (χ1n) is 10.2. The Bertz CT molecular complexity index is 965. The van der Waals surface area contributed by atoms with E-state index in [1.54, 1.807) is 47.7 Å². The Kier molecular flexibility index (Phi) is 6.57. The molecule has 1 fully saturated rings. The number of amides is 2. The van der Waals surface area contributed by atoms with Crippen LogP contribution in [0.2, 0.25) is 0 Å². The van der Waals surface area contributed by atoms with Gasteiger partial charge in [-0.25, -0.2) is 0 Å². The van der Waals surface area contributed by atoms with Gasteiger partial charge in [0.1, 0.15) is 0 Å². The van der Waals surface area contributed by atoms with Crippen molar-refractivity contribution in [1.29, 1.82) is 0 Å². The smallest absolute Gasteiger partial charge is 0.255 e. The van der Waals surface area contributed by atoms with Crippen molar-refractivity contribution in [2.24, 2.45) is 0 Å². The fourth-order valence-electron chi connectivity index (χ4n) is 3.73. The Morgan fingerprint density at radius 1 is 0.867 bits per heavy atom. The van der Waals surface area contributed by atoms with E-state index in [0.717, 1.165) is 13.1 Å². The minimum Gasteiger partial charge on any atom is -0.350 e. The summed E-state index contributed by atoms with van der Waals surface area (Å²) in [5.74, 6) is -0.270. The molecule has 0 spiro atoms. The van der Waals surface area contributed by atoms with E-state index in [1.807, 2.05) is 18.2 Å². The van der Waals surface area contributed by atoms with Crippen LogP contribution in [-0.4, -0.2) is 36.3 Å². The Morgan fingerprint density at radius 2 is 1.57 bits per heavy atom. The zero-order valence-electron chi connectivity index (χ0n) is 16.7. The topological polar surface area (TPSA) is 61.4 Å². The normalized spacial score (nSPS) is 14.9. The third kappa shape index (κ3) is 4.96. The number of likely N-dealkylation sites (tertiary alicyclic amines) is 1. The number of hydrogen-bond acceptors (Lipinski definition) is 4. The number of rotatable bonds is 7. The van der Waals surface area contributed by atoms with Gasteiger partial charge in [0.25, 0.3) is 11.8 Å². The summed E-state index contributed by atoms with van der Waals surface area (Å²) in [4.78, 5) is 28.7. The van der Waals surface area contributed by atoms with Crippen LogP contribution in [0.1, 0.15) is 44.5 Å². The van der Waals surface area contributed by atoms with Crippen molar-refractivity contribution in [3.05, 3.63) is 88.1 Å². The number of carbonyl (C=O) groups excluding carboxylic acids is 2. The van der Waals surface area contributed by atoms with Crippen LogP contribution < -0.4 is 10.6 Å². The quantitative estimate of drug-likeness (QED) is 0.590. The van der Waals surface area contributed by atoms with Crippen LogP contribution in [0.5, 0.6) is 0 Å². The molecule has 1 saturated heterocycles. The maximum atomic E-state index is 12.7. The Hall–Kier alpha value is -2.96. The van der Waals surface area contributed by atoms with Crippen LogP contribution in [0.15, 0.2) is 72.1 Å². The van der Waals surface area contributed by atoms with Gasteiger partial charge in [0.05, 0.1) is 6.04 Å². The maximum absolute atomic E-state index is 12.7. The molecule has 2 amide bonds. The van der Waals surface area contributed by atoms with E-state index in [9.17, 15) is 9.59 Å². The van der Waals surface area contributed by atoms with Gasteiger partial charge in [-0.3, -0.25) is 14.5 Å². The van der Waals surface area contributed by atoms with E-state index in [2.05, 4.69) is 33.0 Å². The van der Waals surface area contributed by atoms with Gasteiger partial charge >= 0.3 is 0 Å². The first kappa shape index (κ1) is 20.3. The van der Waals surface area contributed by atoms with Crippen LogP contribution in [-0.2, 0) is 0 Å². The monoisotopic (exact) mass is 419 g/mol. The Morgan fingerprint density at radius 3 is 2.23 bits per heavy atom. The molecule has 1 aliphatic heterocycles. The molecule has 2 heterocycles. The lowest BCUT2D eigenvalue weighted by Crippen LogP contribution is -2.36. The maximum Gasteiger partial charge on any atom is 0.255 e. The van der Waals surface area contributed by atoms with Gasteiger partial charge in [-0.15, -0.1) is 11.3 Å². The third-order valence-electron chi connectivity index (χ3n) is 5.35. The summed E-state index contributed by atoms with van der Waals surface area (Å²) in [5.41, 5.74) is 1.84. The van der Waals surface area contributed by atoms with Gasteiger partial charge in [-0.2, -0.15) is 0 Å². The van der Waals surface area contributed by atoms with Crippen molar-refractivity contribution in [3.8, 4) is 0 Å². The fraction of sp³-hybridized carbons (Fsp3) is 0.250. The van der Waals surface area contributed by atoms with E-state index in [-0.39, 0.29) is 17.9 Å². The van der Waals surface area contributed by atoms with Crippen LogP contribution in [0, 0.1) is 0 Å². The highest BCUT2D eigenvalue weighted by Crippen LogP contribution is 2.28. The van der Waals surface area contributed by atoms with E-state index in [1.165, 1.54) is 17.7 Å². The van der Waals surface area contributed by atoms with E-state index in [4.69, 9.17) is 0 Å². The minimum atomic E-state index is -0.169. The molecule has 6 heteroatoms. The Balaban J connectivity index is 1.35. The molecule has 154 valence electrons. The van der Waals surface area contributed by atoms with Crippen molar-refractivity contribution in [3.63, 3.8) is 0 Å². The second kappa shape index (κ2) is 9.69. The van der Waals surface area contributed by atoms with Crippen molar-refractivity contribution in [2.75, 3.05) is 25.0 Å². The third-order valence-corrected chi connectivity index (χ3v) is 6.32. The summed E-state index contributed by atoms with van der Waals surface area (Å²) in [7, 11) is 0. The molecule has 0 aliphatic carbocycles. The van der Waals surface area contributed by atoms with Gasteiger partial charge in [0.2, 0.25) is 0 Å². The van der Waals surface area contributed by atoms with Crippen LogP contribution in [0.25, 0.3) is 0 Å². The molecule has 3 aromatic rings. The zero-order valence-corrected chi connectivity index (χ0v) is 17.5. The van der Waals surface area contributed by atoms with Crippen molar-refractivity contribution in [2.45, 2.75) is 18.9 Å². The summed E-state index contributed by atoms with van der Waals surface area (Å²) in [5, 5.41) is 8.03. The molecular formula is C24H25N3O2S. The summed E-state index contributed by atoms with van der Waals surface area (Å²) < 4.78 is 0. The molecule has 1 atom stereocenters. The molecule has 1 aromatic heterocycles. The number of thiophene rings is 1. The average Bonchev–Trinajstić information content (AvgIpc) is 3.50. The number of benzene rings is 2. The highest BCUT2D eigenvalue weighted by molar-refractivity contribution is 7.10.